The van der Waals surface area contributed by atoms with Gasteiger partial charge >= 0.3 is 0 Å². The molecule has 4 rings (SSSR count). The first-order chi connectivity index (χ1) is 11.3. The highest BCUT2D eigenvalue weighted by Gasteiger charge is 2.05. The Balaban J connectivity index is 1.67. The first-order valence-corrected chi connectivity index (χ1v) is 8.30. The molecule has 2 aromatic carbocycles. The third-order valence-electron chi connectivity index (χ3n) is 3.66. The molecule has 2 heterocycles. The summed E-state index contributed by atoms with van der Waals surface area (Å²) in [7, 11) is 0. The first-order valence-electron chi connectivity index (χ1n) is 7.48. The Morgan fingerprint density at radius 2 is 1.78 bits per heavy atom. The average molecular weight is 317 g/mol. The molecule has 0 unspecified atom stereocenters. The lowest BCUT2D eigenvalue weighted by Gasteiger charge is -1.99. The number of nitrogens with zero attached hydrogens (tertiary/aromatic N) is 1. The van der Waals surface area contributed by atoms with Gasteiger partial charge in [-0.15, -0.1) is 11.3 Å². The van der Waals surface area contributed by atoms with Crippen molar-refractivity contribution in [1.29, 1.82) is 0 Å². The van der Waals surface area contributed by atoms with Gasteiger partial charge in [-0.2, -0.15) is 0 Å². The van der Waals surface area contributed by atoms with E-state index in [9.17, 15) is 0 Å². The summed E-state index contributed by atoms with van der Waals surface area (Å²) in [5, 5.41) is 0. The van der Waals surface area contributed by atoms with Crippen LogP contribution in [0.4, 0.5) is 0 Å². The molecule has 0 saturated carbocycles. The zero-order valence-electron chi connectivity index (χ0n) is 12.7. The van der Waals surface area contributed by atoms with Crippen LogP contribution >= 0.6 is 11.3 Å². The van der Waals surface area contributed by atoms with Crippen molar-refractivity contribution >= 4 is 34.6 Å². The van der Waals surface area contributed by atoms with Gasteiger partial charge in [0.15, 0.2) is 5.58 Å². The van der Waals surface area contributed by atoms with Gasteiger partial charge in [0.05, 0.1) is 0 Å². The molecule has 0 spiro atoms. The second-order valence-electron chi connectivity index (χ2n) is 5.38. The topological polar surface area (TPSA) is 26.0 Å². The standard InChI is InChI=1S/C20H15NOS/c1-14-7-9-17(23-14)10-12-20-21-18-13-16(8-11-19(18)22-20)15-5-3-2-4-6-15/h2-13H,1H3/b12-10+. The van der Waals surface area contributed by atoms with Gasteiger partial charge in [0.2, 0.25) is 5.89 Å². The highest BCUT2D eigenvalue weighted by Crippen LogP contribution is 2.25. The smallest absolute Gasteiger partial charge is 0.220 e. The largest absolute Gasteiger partial charge is 0.437 e. The number of aromatic nitrogens is 1. The molecule has 0 saturated heterocycles. The van der Waals surface area contributed by atoms with Crippen molar-refractivity contribution in [3.8, 4) is 11.1 Å². The van der Waals surface area contributed by atoms with Gasteiger partial charge in [-0.05, 0) is 48.4 Å². The predicted octanol–water partition coefficient (Wildman–Crippen LogP) is 6.04. The number of rotatable bonds is 3. The summed E-state index contributed by atoms with van der Waals surface area (Å²) in [5.74, 6) is 0.635. The van der Waals surface area contributed by atoms with Crippen LogP contribution in [0.15, 0.2) is 65.1 Å². The highest BCUT2D eigenvalue weighted by atomic mass is 32.1. The average Bonchev–Trinajstić information content (AvgIpc) is 3.18. The van der Waals surface area contributed by atoms with Gasteiger partial charge in [-0.3, -0.25) is 0 Å². The van der Waals surface area contributed by atoms with Crippen LogP contribution in [0.1, 0.15) is 15.6 Å². The van der Waals surface area contributed by atoms with Crippen molar-refractivity contribution in [1.82, 2.24) is 4.98 Å². The molecule has 0 radical (unpaired) electrons. The lowest BCUT2D eigenvalue weighted by atomic mass is 10.1. The number of fused-ring (bicyclic) bond motifs is 1. The van der Waals surface area contributed by atoms with Gasteiger partial charge in [0, 0.05) is 15.8 Å². The van der Waals surface area contributed by atoms with Crippen LogP contribution in [0.3, 0.4) is 0 Å². The summed E-state index contributed by atoms with van der Waals surface area (Å²) in [6, 6.07) is 20.6. The molecule has 0 aliphatic rings. The van der Waals surface area contributed by atoms with E-state index in [1.165, 1.54) is 15.3 Å². The summed E-state index contributed by atoms with van der Waals surface area (Å²) in [5.41, 5.74) is 4.03. The van der Waals surface area contributed by atoms with Crippen LogP contribution in [0.2, 0.25) is 0 Å². The minimum atomic E-state index is 0.635. The minimum Gasteiger partial charge on any atom is -0.437 e. The molecule has 3 heteroatoms. The maximum absolute atomic E-state index is 5.79. The highest BCUT2D eigenvalue weighted by molar-refractivity contribution is 7.12. The minimum absolute atomic E-state index is 0.635. The lowest BCUT2D eigenvalue weighted by molar-refractivity contribution is 0.590. The van der Waals surface area contributed by atoms with E-state index in [0.29, 0.717) is 5.89 Å². The van der Waals surface area contributed by atoms with Crippen molar-refractivity contribution in [3.63, 3.8) is 0 Å². The Morgan fingerprint density at radius 3 is 2.57 bits per heavy atom. The Morgan fingerprint density at radius 1 is 0.913 bits per heavy atom. The van der Waals surface area contributed by atoms with E-state index in [0.717, 1.165) is 16.7 Å². The number of hydrogen-bond acceptors (Lipinski definition) is 3. The molecule has 0 atom stereocenters. The predicted molar refractivity (Wildman–Crippen MR) is 97.4 cm³/mol. The maximum Gasteiger partial charge on any atom is 0.220 e. The zero-order chi connectivity index (χ0) is 15.6. The Kier molecular flexibility index (Phi) is 3.56. The van der Waals surface area contributed by atoms with Crippen LogP contribution < -0.4 is 0 Å². The van der Waals surface area contributed by atoms with E-state index in [4.69, 9.17) is 4.42 Å². The second kappa shape index (κ2) is 5.86. The SMILES string of the molecule is Cc1ccc(/C=C/c2nc3cc(-c4ccccc4)ccc3o2)s1. The third-order valence-corrected chi connectivity index (χ3v) is 4.63. The van der Waals surface area contributed by atoms with E-state index < -0.39 is 0 Å². The fourth-order valence-corrected chi connectivity index (χ4v) is 3.30. The lowest BCUT2D eigenvalue weighted by Crippen LogP contribution is -1.77. The van der Waals surface area contributed by atoms with Crippen molar-refractivity contribution in [3.05, 3.63) is 76.3 Å². The van der Waals surface area contributed by atoms with Gasteiger partial charge < -0.3 is 4.42 Å². The van der Waals surface area contributed by atoms with Gasteiger partial charge in [-0.25, -0.2) is 4.98 Å². The molecule has 0 amide bonds. The van der Waals surface area contributed by atoms with E-state index in [2.05, 4.69) is 48.3 Å². The summed E-state index contributed by atoms with van der Waals surface area (Å²) in [6.07, 6.45) is 3.97. The van der Waals surface area contributed by atoms with Crippen molar-refractivity contribution in [2.75, 3.05) is 0 Å². The van der Waals surface area contributed by atoms with Crippen LogP contribution in [-0.2, 0) is 0 Å². The molecule has 0 N–H and O–H groups in total. The molecular formula is C20H15NOS. The zero-order valence-corrected chi connectivity index (χ0v) is 13.5. The molecule has 0 aliphatic carbocycles. The number of hydrogen-bond donors (Lipinski definition) is 0. The number of benzene rings is 2. The van der Waals surface area contributed by atoms with Crippen molar-refractivity contribution in [2.45, 2.75) is 6.92 Å². The first kappa shape index (κ1) is 14.0. The van der Waals surface area contributed by atoms with Crippen LogP contribution in [0.25, 0.3) is 34.4 Å². The number of oxazole rings is 1. The quantitative estimate of drug-likeness (QED) is 0.461. The van der Waals surface area contributed by atoms with Crippen LogP contribution in [0.5, 0.6) is 0 Å². The molecule has 4 aromatic rings. The molecule has 112 valence electrons. The van der Waals surface area contributed by atoms with Gasteiger partial charge in [0.25, 0.3) is 0 Å². The molecule has 0 fully saturated rings. The Hall–Kier alpha value is -2.65. The van der Waals surface area contributed by atoms with E-state index >= 15 is 0 Å². The van der Waals surface area contributed by atoms with Crippen LogP contribution in [-0.4, -0.2) is 4.98 Å². The van der Waals surface area contributed by atoms with E-state index in [1.807, 2.05) is 36.4 Å². The summed E-state index contributed by atoms with van der Waals surface area (Å²) < 4.78 is 5.79. The normalized spacial score (nSPS) is 11.5. The molecule has 2 nitrogen and oxygen atoms in total. The number of aryl methyl sites for hydroxylation is 1. The van der Waals surface area contributed by atoms with Gasteiger partial charge in [0.1, 0.15) is 5.52 Å². The summed E-state index contributed by atoms with van der Waals surface area (Å²) in [6.45, 7) is 2.10. The molecule has 2 aromatic heterocycles. The third kappa shape index (κ3) is 2.96. The van der Waals surface area contributed by atoms with Crippen molar-refractivity contribution < 1.29 is 4.42 Å². The second-order valence-corrected chi connectivity index (χ2v) is 6.70. The maximum atomic E-state index is 5.79. The Labute approximate surface area is 138 Å². The van der Waals surface area contributed by atoms with Gasteiger partial charge in [-0.1, -0.05) is 36.4 Å². The fourth-order valence-electron chi connectivity index (χ4n) is 2.52. The monoisotopic (exact) mass is 317 g/mol. The Bertz CT molecular complexity index is 979. The van der Waals surface area contributed by atoms with E-state index in [1.54, 1.807) is 11.3 Å². The number of thiophene rings is 1. The molecule has 23 heavy (non-hydrogen) atoms. The van der Waals surface area contributed by atoms with E-state index in [-0.39, 0.29) is 0 Å². The molecule has 0 aliphatic heterocycles. The van der Waals surface area contributed by atoms with Crippen LogP contribution in [0, 0.1) is 6.92 Å². The van der Waals surface area contributed by atoms with Crippen molar-refractivity contribution in [2.24, 2.45) is 0 Å². The summed E-state index contributed by atoms with van der Waals surface area (Å²) >= 11 is 1.76. The summed E-state index contributed by atoms with van der Waals surface area (Å²) in [4.78, 5) is 7.08. The fraction of sp³-hybridized carbons (Fsp3) is 0.0500. The molecule has 0 bridgehead atoms. The molecular weight excluding hydrogens is 302 g/mol.